The van der Waals surface area contributed by atoms with E-state index in [4.69, 9.17) is 11.6 Å². The van der Waals surface area contributed by atoms with E-state index in [1.54, 1.807) is 0 Å². The Morgan fingerprint density at radius 1 is 1.83 bits per heavy atom. The van der Waals surface area contributed by atoms with Crippen molar-refractivity contribution in [1.29, 1.82) is 0 Å². The van der Waals surface area contributed by atoms with Crippen LogP contribution in [0.25, 0.3) is 0 Å². The van der Waals surface area contributed by atoms with Crippen LogP contribution in [0.2, 0.25) is 0 Å². The highest BCUT2D eigenvalue weighted by molar-refractivity contribution is 6.19. The fourth-order valence-corrected chi connectivity index (χ4v) is 1.63. The lowest BCUT2D eigenvalue weighted by Crippen LogP contribution is -2.18. The lowest BCUT2D eigenvalue weighted by Gasteiger charge is -2.18. The predicted octanol–water partition coefficient (Wildman–Crippen LogP) is 2.12. The highest BCUT2D eigenvalue weighted by atomic mass is 35.5. The van der Waals surface area contributed by atoms with E-state index in [0.717, 1.165) is 19.3 Å². The van der Waals surface area contributed by atoms with Gasteiger partial charge in [-0.15, -0.1) is 11.6 Å². The molecule has 1 aliphatic carbocycles. The summed E-state index contributed by atoms with van der Waals surface area (Å²) in [6.07, 6.45) is 4.65. The summed E-state index contributed by atoms with van der Waals surface area (Å²) in [4.78, 5) is 11.1. The summed E-state index contributed by atoms with van der Waals surface area (Å²) in [6.45, 7) is 0. The van der Waals surface area contributed by atoms with Crippen molar-refractivity contribution in [3.63, 3.8) is 0 Å². The summed E-state index contributed by atoms with van der Waals surface area (Å²) >= 11 is 5.66. The van der Waals surface area contributed by atoms with E-state index in [9.17, 15) is 4.79 Å². The molecule has 2 nitrogen and oxygen atoms in total. The van der Waals surface area contributed by atoms with Gasteiger partial charge in [-0.25, -0.2) is 0 Å². The molecule has 0 saturated heterocycles. The second-order valence-corrected chi connectivity index (χ2v) is 3.26. The average molecular weight is 189 g/mol. The van der Waals surface area contributed by atoms with Crippen LogP contribution in [-0.4, -0.2) is 19.0 Å². The fraction of sp³-hybridized carbons (Fsp3) is 0.667. The summed E-state index contributed by atoms with van der Waals surface area (Å²) in [5.41, 5.74) is 1.25. The summed E-state index contributed by atoms with van der Waals surface area (Å²) in [6, 6.07) is 0. The van der Waals surface area contributed by atoms with Crippen molar-refractivity contribution in [1.82, 2.24) is 0 Å². The number of methoxy groups -OCH3 is 1. The molecule has 1 rings (SSSR count). The van der Waals surface area contributed by atoms with Crippen LogP contribution in [0.15, 0.2) is 11.6 Å². The Morgan fingerprint density at radius 2 is 2.58 bits per heavy atom. The molecule has 1 unspecified atom stereocenters. The van der Waals surface area contributed by atoms with Gasteiger partial charge in [0.15, 0.2) is 0 Å². The van der Waals surface area contributed by atoms with Crippen LogP contribution >= 0.6 is 11.6 Å². The third-order valence-electron chi connectivity index (χ3n) is 2.21. The molecular weight excluding hydrogens is 176 g/mol. The second-order valence-electron chi connectivity index (χ2n) is 2.99. The van der Waals surface area contributed by atoms with Crippen molar-refractivity contribution in [3.05, 3.63) is 11.6 Å². The molecule has 68 valence electrons. The molecule has 0 aromatic heterocycles. The summed E-state index contributed by atoms with van der Waals surface area (Å²) in [5, 5.41) is 0. The number of esters is 1. The van der Waals surface area contributed by atoms with Gasteiger partial charge >= 0.3 is 5.97 Å². The average Bonchev–Trinajstić information content (AvgIpc) is 2.17. The fourth-order valence-electron chi connectivity index (χ4n) is 1.39. The lowest BCUT2D eigenvalue weighted by molar-refractivity contribution is -0.145. The van der Waals surface area contributed by atoms with Gasteiger partial charge in [-0.05, 0) is 19.3 Å². The van der Waals surface area contributed by atoms with E-state index in [1.165, 1.54) is 12.7 Å². The Labute approximate surface area is 77.5 Å². The SMILES string of the molecule is COC(=O)C1CC=C(CCl)CC1. The van der Waals surface area contributed by atoms with Crippen molar-refractivity contribution >= 4 is 17.6 Å². The van der Waals surface area contributed by atoms with E-state index in [-0.39, 0.29) is 11.9 Å². The number of rotatable bonds is 2. The third-order valence-corrected chi connectivity index (χ3v) is 2.55. The van der Waals surface area contributed by atoms with E-state index >= 15 is 0 Å². The Kier molecular flexibility index (Phi) is 3.60. The van der Waals surface area contributed by atoms with Crippen LogP contribution in [0, 0.1) is 5.92 Å². The van der Waals surface area contributed by atoms with Crippen LogP contribution in [0.3, 0.4) is 0 Å². The third kappa shape index (κ3) is 2.24. The molecule has 3 heteroatoms. The van der Waals surface area contributed by atoms with Crippen molar-refractivity contribution < 1.29 is 9.53 Å². The number of carbonyl (C=O) groups excluding carboxylic acids is 1. The molecule has 0 aromatic carbocycles. The summed E-state index contributed by atoms with van der Waals surface area (Å²) < 4.78 is 4.66. The molecule has 12 heavy (non-hydrogen) atoms. The molecule has 0 bridgehead atoms. The zero-order valence-corrected chi connectivity index (χ0v) is 7.93. The largest absolute Gasteiger partial charge is 0.469 e. The van der Waals surface area contributed by atoms with Crippen molar-refractivity contribution in [3.8, 4) is 0 Å². The van der Waals surface area contributed by atoms with Crippen LogP contribution in [-0.2, 0) is 9.53 Å². The molecule has 0 radical (unpaired) electrons. The zero-order valence-electron chi connectivity index (χ0n) is 7.18. The number of allylic oxidation sites excluding steroid dienone is 2. The number of alkyl halides is 1. The second kappa shape index (κ2) is 4.51. The van der Waals surface area contributed by atoms with Crippen molar-refractivity contribution in [2.24, 2.45) is 5.92 Å². The Balaban J connectivity index is 2.46. The first-order chi connectivity index (χ1) is 5.77. The van der Waals surface area contributed by atoms with Gasteiger partial charge in [0.05, 0.1) is 13.0 Å². The normalized spacial score (nSPS) is 23.2. The molecular formula is C9H13ClO2. The van der Waals surface area contributed by atoms with Crippen molar-refractivity contribution in [2.75, 3.05) is 13.0 Å². The van der Waals surface area contributed by atoms with Crippen molar-refractivity contribution in [2.45, 2.75) is 19.3 Å². The first-order valence-corrected chi connectivity index (χ1v) is 4.63. The molecule has 1 aliphatic rings. The Hall–Kier alpha value is -0.500. The zero-order chi connectivity index (χ0) is 8.97. The van der Waals surface area contributed by atoms with Gasteiger partial charge in [0.25, 0.3) is 0 Å². The van der Waals surface area contributed by atoms with Gasteiger partial charge in [-0.1, -0.05) is 11.6 Å². The van der Waals surface area contributed by atoms with Crippen LogP contribution in [0.1, 0.15) is 19.3 Å². The van der Waals surface area contributed by atoms with Gasteiger partial charge in [0, 0.05) is 5.88 Å². The number of halogens is 1. The van der Waals surface area contributed by atoms with E-state index in [2.05, 4.69) is 10.8 Å². The minimum atomic E-state index is -0.0973. The molecule has 0 fully saturated rings. The standard InChI is InChI=1S/C9H13ClO2/c1-12-9(11)8-4-2-7(6-10)3-5-8/h2,8H,3-6H2,1H3. The van der Waals surface area contributed by atoms with Gasteiger partial charge < -0.3 is 4.74 Å². The lowest BCUT2D eigenvalue weighted by atomic mass is 9.90. The maximum Gasteiger partial charge on any atom is 0.308 e. The quantitative estimate of drug-likeness (QED) is 0.377. The van der Waals surface area contributed by atoms with Gasteiger partial charge in [-0.3, -0.25) is 4.79 Å². The molecule has 0 amide bonds. The Morgan fingerprint density at radius 3 is 3.00 bits per heavy atom. The van der Waals surface area contributed by atoms with E-state index in [0.29, 0.717) is 5.88 Å². The van der Waals surface area contributed by atoms with Gasteiger partial charge in [-0.2, -0.15) is 0 Å². The predicted molar refractivity (Wildman–Crippen MR) is 48.2 cm³/mol. The molecule has 0 N–H and O–H groups in total. The maximum atomic E-state index is 11.1. The molecule has 0 heterocycles. The molecule has 0 aromatic rings. The van der Waals surface area contributed by atoms with Gasteiger partial charge in [0.1, 0.15) is 0 Å². The minimum Gasteiger partial charge on any atom is -0.469 e. The first kappa shape index (κ1) is 9.59. The molecule has 0 aliphatic heterocycles. The van der Waals surface area contributed by atoms with Crippen LogP contribution < -0.4 is 0 Å². The summed E-state index contributed by atoms with van der Waals surface area (Å²) in [5.74, 6) is 0.551. The van der Waals surface area contributed by atoms with Gasteiger partial charge in [0.2, 0.25) is 0 Å². The number of hydrogen-bond acceptors (Lipinski definition) is 2. The molecule has 1 atom stereocenters. The highest BCUT2D eigenvalue weighted by Gasteiger charge is 2.21. The first-order valence-electron chi connectivity index (χ1n) is 4.09. The number of carbonyl (C=O) groups is 1. The monoisotopic (exact) mass is 188 g/mol. The van der Waals surface area contributed by atoms with Crippen LogP contribution in [0.5, 0.6) is 0 Å². The minimum absolute atomic E-state index is 0.0574. The van der Waals surface area contributed by atoms with E-state index < -0.39 is 0 Å². The maximum absolute atomic E-state index is 11.1. The molecule has 0 saturated carbocycles. The topological polar surface area (TPSA) is 26.3 Å². The highest BCUT2D eigenvalue weighted by Crippen LogP contribution is 2.24. The van der Waals surface area contributed by atoms with E-state index in [1.807, 2.05) is 0 Å². The number of ether oxygens (including phenoxy) is 1. The van der Waals surface area contributed by atoms with Crippen LogP contribution in [0.4, 0.5) is 0 Å². The molecule has 0 spiro atoms. The Bertz CT molecular complexity index is 199. The summed E-state index contributed by atoms with van der Waals surface area (Å²) in [7, 11) is 1.43. The smallest absolute Gasteiger partial charge is 0.308 e. The number of hydrogen-bond donors (Lipinski definition) is 0.